The molecule has 1 spiro atoms. The van der Waals surface area contributed by atoms with Crippen molar-refractivity contribution in [3.63, 3.8) is 0 Å². The van der Waals surface area contributed by atoms with Gasteiger partial charge in [-0.25, -0.2) is 0 Å². The Balaban J connectivity index is 1.86. The quantitative estimate of drug-likeness (QED) is 0.747. The van der Waals surface area contributed by atoms with Crippen LogP contribution in [0.5, 0.6) is 0 Å². The molecule has 4 rings (SSSR count). The number of fused-ring (bicyclic) bond motifs is 3. The highest BCUT2D eigenvalue weighted by molar-refractivity contribution is 5.97. The fraction of sp³-hybridized carbons (Fsp3) is 0.684. The minimum Gasteiger partial charge on any atom is -0.481 e. The van der Waals surface area contributed by atoms with Crippen LogP contribution in [0.15, 0.2) is 22.8 Å². The van der Waals surface area contributed by atoms with Crippen LogP contribution in [0.4, 0.5) is 0 Å². The standard InChI is InChI=1S/C19H24O5/c1-12-13-3-7-18(16(21)22)11-19(23-9-10-24-19)8-5-15(18)17(13,2)6-4-14(12)20/h5H,3-4,6-11H2,1-2H3,(H,21,22)/t17-,18+/m0/s1. The number of Topliss-reactive ketones (excluding diaryl/α,β-unsaturated/α-hetero) is 1. The van der Waals surface area contributed by atoms with Gasteiger partial charge in [0.2, 0.25) is 0 Å². The summed E-state index contributed by atoms with van der Waals surface area (Å²) in [6, 6.07) is 0. The van der Waals surface area contributed by atoms with E-state index >= 15 is 0 Å². The topological polar surface area (TPSA) is 72.8 Å². The third-order valence-electron chi connectivity index (χ3n) is 6.71. The molecule has 24 heavy (non-hydrogen) atoms. The molecule has 2 atom stereocenters. The Hall–Kier alpha value is -1.46. The highest BCUT2D eigenvalue weighted by Gasteiger charge is 2.61. The molecule has 1 heterocycles. The summed E-state index contributed by atoms with van der Waals surface area (Å²) in [7, 11) is 0. The van der Waals surface area contributed by atoms with Crippen molar-refractivity contribution in [2.45, 2.75) is 58.2 Å². The lowest BCUT2D eigenvalue weighted by Crippen LogP contribution is -2.53. The van der Waals surface area contributed by atoms with Crippen molar-refractivity contribution in [2.24, 2.45) is 10.8 Å². The number of hydrogen-bond acceptors (Lipinski definition) is 4. The van der Waals surface area contributed by atoms with Gasteiger partial charge in [0.05, 0.1) is 18.6 Å². The van der Waals surface area contributed by atoms with E-state index < -0.39 is 17.2 Å². The van der Waals surface area contributed by atoms with Gasteiger partial charge in [-0.05, 0) is 37.3 Å². The number of rotatable bonds is 1. The van der Waals surface area contributed by atoms with Gasteiger partial charge in [0.15, 0.2) is 11.6 Å². The summed E-state index contributed by atoms with van der Waals surface area (Å²) in [6.07, 6.45) is 5.38. The lowest BCUT2D eigenvalue weighted by Gasteiger charge is -2.54. The Labute approximate surface area is 141 Å². The second-order valence-corrected chi connectivity index (χ2v) is 7.85. The van der Waals surface area contributed by atoms with Crippen molar-refractivity contribution in [1.82, 2.24) is 0 Å². The molecule has 1 saturated heterocycles. The molecule has 5 nitrogen and oxygen atoms in total. The Morgan fingerprint density at radius 1 is 1.21 bits per heavy atom. The molecule has 0 aromatic carbocycles. The average molecular weight is 332 g/mol. The fourth-order valence-electron chi connectivity index (χ4n) is 5.45. The molecule has 2 fully saturated rings. The zero-order valence-electron chi connectivity index (χ0n) is 14.3. The summed E-state index contributed by atoms with van der Waals surface area (Å²) in [5.41, 5.74) is 1.69. The van der Waals surface area contributed by atoms with Crippen LogP contribution in [0.25, 0.3) is 0 Å². The lowest BCUT2D eigenvalue weighted by atomic mass is 9.50. The third-order valence-corrected chi connectivity index (χ3v) is 6.71. The number of carboxylic acid groups (broad SMARTS) is 1. The van der Waals surface area contributed by atoms with E-state index in [2.05, 4.69) is 6.92 Å². The van der Waals surface area contributed by atoms with Gasteiger partial charge in [-0.3, -0.25) is 9.59 Å². The number of carbonyl (C=O) groups excluding carboxylic acids is 1. The van der Waals surface area contributed by atoms with Crippen LogP contribution in [0.1, 0.15) is 52.4 Å². The predicted molar refractivity (Wildman–Crippen MR) is 86.3 cm³/mol. The average Bonchev–Trinajstić information content (AvgIpc) is 2.98. The van der Waals surface area contributed by atoms with Crippen molar-refractivity contribution in [3.05, 3.63) is 22.8 Å². The number of carbonyl (C=O) groups is 2. The van der Waals surface area contributed by atoms with E-state index in [0.29, 0.717) is 51.7 Å². The maximum absolute atomic E-state index is 12.4. The highest BCUT2D eigenvalue weighted by atomic mass is 16.7. The number of aliphatic carboxylic acids is 1. The molecule has 0 aromatic rings. The zero-order valence-corrected chi connectivity index (χ0v) is 14.3. The van der Waals surface area contributed by atoms with E-state index in [4.69, 9.17) is 9.47 Å². The summed E-state index contributed by atoms with van der Waals surface area (Å²) >= 11 is 0. The van der Waals surface area contributed by atoms with Crippen molar-refractivity contribution in [3.8, 4) is 0 Å². The minimum atomic E-state index is -0.943. The normalized spacial score (nSPS) is 37.9. The molecular formula is C19H24O5. The van der Waals surface area contributed by atoms with E-state index in [1.807, 2.05) is 13.0 Å². The predicted octanol–water partition coefficient (Wildman–Crippen LogP) is 3.00. The van der Waals surface area contributed by atoms with E-state index in [0.717, 1.165) is 16.7 Å². The number of ether oxygens (including phenoxy) is 2. The summed E-state index contributed by atoms with van der Waals surface area (Å²) in [6.45, 7) is 5.07. The van der Waals surface area contributed by atoms with E-state index in [-0.39, 0.29) is 11.2 Å². The van der Waals surface area contributed by atoms with E-state index in [1.165, 1.54) is 0 Å². The van der Waals surface area contributed by atoms with E-state index in [9.17, 15) is 14.7 Å². The van der Waals surface area contributed by atoms with Crippen LogP contribution < -0.4 is 0 Å². The molecule has 130 valence electrons. The van der Waals surface area contributed by atoms with Gasteiger partial charge >= 0.3 is 5.97 Å². The molecule has 0 radical (unpaired) electrons. The lowest BCUT2D eigenvalue weighted by molar-refractivity contribution is -0.193. The molecule has 1 N–H and O–H groups in total. The molecule has 1 saturated carbocycles. The van der Waals surface area contributed by atoms with Gasteiger partial charge in [-0.15, -0.1) is 0 Å². The minimum absolute atomic E-state index is 0.209. The Bertz CT molecular complexity index is 682. The molecule has 4 aliphatic rings. The first kappa shape index (κ1) is 16.0. The first-order valence-corrected chi connectivity index (χ1v) is 8.79. The molecule has 1 aliphatic heterocycles. The highest BCUT2D eigenvalue weighted by Crippen LogP contribution is 2.63. The Morgan fingerprint density at radius 3 is 2.58 bits per heavy atom. The van der Waals surface area contributed by atoms with Crippen LogP contribution in [0.3, 0.4) is 0 Å². The van der Waals surface area contributed by atoms with Crippen LogP contribution >= 0.6 is 0 Å². The van der Waals surface area contributed by atoms with Crippen molar-refractivity contribution in [1.29, 1.82) is 0 Å². The summed E-state index contributed by atoms with van der Waals surface area (Å²) < 4.78 is 11.6. The van der Waals surface area contributed by atoms with Crippen LogP contribution in [0.2, 0.25) is 0 Å². The van der Waals surface area contributed by atoms with Crippen LogP contribution in [-0.4, -0.2) is 35.9 Å². The molecule has 5 heteroatoms. The molecule has 0 unspecified atom stereocenters. The smallest absolute Gasteiger partial charge is 0.314 e. The second kappa shape index (κ2) is 5.02. The van der Waals surface area contributed by atoms with Gasteiger partial charge in [-0.1, -0.05) is 18.6 Å². The third kappa shape index (κ3) is 1.94. The summed E-state index contributed by atoms with van der Waals surface area (Å²) in [5.74, 6) is -1.36. The fourth-order valence-corrected chi connectivity index (χ4v) is 5.45. The van der Waals surface area contributed by atoms with Gasteiger partial charge in [0, 0.05) is 24.7 Å². The van der Waals surface area contributed by atoms with Gasteiger partial charge in [-0.2, -0.15) is 0 Å². The van der Waals surface area contributed by atoms with Gasteiger partial charge in [0.1, 0.15) is 0 Å². The van der Waals surface area contributed by atoms with E-state index in [1.54, 1.807) is 0 Å². The van der Waals surface area contributed by atoms with Crippen molar-refractivity contribution in [2.75, 3.05) is 13.2 Å². The number of carboxylic acids is 1. The monoisotopic (exact) mass is 332 g/mol. The van der Waals surface area contributed by atoms with Crippen molar-refractivity contribution < 1.29 is 24.2 Å². The van der Waals surface area contributed by atoms with Crippen LogP contribution in [0, 0.1) is 10.8 Å². The van der Waals surface area contributed by atoms with Crippen molar-refractivity contribution >= 4 is 11.8 Å². The van der Waals surface area contributed by atoms with Gasteiger partial charge < -0.3 is 14.6 Å². The van der Waals surface area contributed by atoms with Crippen LogP contribution in [-0.2, 0) is 19.1 Å². The summed E-state index contributed by atoms with van der Waals surface area (Å²) in [4.78, 5) is 24.5. The number of allylic oxidation sites excluding steroid dienone is 2. The molecular weight excluding hydrogens is 308 g/mol. The first-order chi connectivity index (χ1) is 11.3. The zero-order chi connectivity index (χ0) is 17.2. The maximum atomic E-state index is 12.4. The Morgan fingerprint density at radius 2 is 1.92 bits per heavy atom. The number of ketones is 1. The first-order valence-electron chi connectivity index (χ1n) is 8.79. The van der Waals surface area contributed by atoms with Gasteiger partial charge in [0.25, 0.3) is 0 Å². The molecule has 0 amide bonds. The SMILES string of the molecule is CC1=C2CC[C@@]3(C(=O)O)CC4(CC=C3[C@@]2(C)CCC1=O)OCCO4. The summed E-state index contributed by atoms with van der Waals surface area (Å²) in [5, 5.41) is 10.2. The second-order valence-electron chi connectivity index (χ2n) is 7.85. The molecule has 3 aliphatic carbocycles. The Kier molecular flexibility index (Phi) is 3.35. The number of hydrogen-bond donors (Lipinski definition) is 1. The maximum Gasteiger partial charge on any atom is 0.314 e. The largest absolute Gasteiger partial charge is 0.481 e. The molecule has 0 aromatic heterocycles. The molecule has 0 bridgehead atoms.